The number of aliphatic hydroxyl groups is 1. The number of benzene rings is 2. The van der Waals surface area contributed by atoms with E-state index in [-0.39, 0.29) is 22.8 Å². The summed E-state index contributed by atoms with van der Waals surface area (Å²) in [7, 11) is -4.07. The average molecular weight is 397 g/mol. The fraction of sp³-hybridized carbons (Fsp3) is 0.0952. The molecule has 1 aliphatic rings. The predicted octanol–water partition coefficient (Wildman–Crippen LogP) is 2.68. The molecule has 0 saturated heterocycles. The molecule has 7 heteroatoms. The Balaban J connectivity index is 1.73. The van der Waals surface area contributed by atoms with Gasteiger partial charge in [-0.25, -0.2) is 8.42 Å². The number of nitrogens with one attached hydrogen (secondary N) is 1. The quantitative estimate of drug-likeness (QED) is 0.395. The van der Waals surface area contributed by atoms with Crippen molar-refractivity contribution in [1.29, 1.82) is 0 Å². The lowest BCUT2D eigenvalue weighted by Gasteiger charge is -2.28. The first-order valence-electron chi connectivity index (χ1n) is 8.49. The molecule has 28 heavy (non-hydrogen) atoms. The van der Waals surface area contributed by atoms with Gasteiger partial charge in [-0.1, -0.05) is 54.6 Å². The molecule has 0 aliphatic heterocycles. The van der Waals surface area contributed by atoms with E-state index in [1.807, 2.05) is 6.07 Å². The van der Waals surface area contributed by atoms with Crippen molar-refractivity contribution in [3.05, 3.63) is 96.1 Å². The molecule has 2 aromatic carbocycles. The summed E-state index contributed by atoms with van der Waals surface area (Å²) >= 11 is 0. The number of hydrogen-bond donors (Lipinski definition) is 3. The van der Waals surface area contributed by atoms with Crippen LogP contribution in [0.1, 0.15) is 16.8 Å². The molecule has 1 atom stereocenters. The summed E-state index contributed by atoms with van der Waals surface area (Å²) in [4.78, 5) is 12.0. The molecule has 0 aromatic heterocycles. The lowest BCUT2D eigenvalue weighted by atomic mass is 9.97. The number of carbonyl (C=O) groups excluding carboxylic acids is 1. The molecule has 0 bridgehead atoms. The summed E-state index contributed by atoms with van der Waals surface area (Å²) in [5.41, 5.74) is -0.743. The van der Waals surface area contributed by atoms with Crippen LogP contribution in [0.4, 0.5) is 0 Å². The summed E-state index contributed by atoms with van der Waals surface area (Å²) in [6.45, 7) is 0. The van der Waals surface area contributed by atoms with E-state index >= 15 is 0 Å². The Labute approximate surface area is 163 Å². The van der Waals surface area contributed by atoms with Crippen molar-refractivity contribution in [3.8, 4) is 5.75 Å². The number of allylic oxidation sites excluding steroid dienone is 4. The zero-order valence-electron chi connectivity index (χ0n) is 14.8. The van der Waals surface area contributed by atoms with Gasteiger partial charge in [-0.05, 0) is 35.9 Å². The van der Waals surface area contributed by atoms with Crippen molar-refractivity contribution in [1.82, 2.24) is 4.72 Å². The monoisotopic (exact) mass is 397 g/mol. The Kier molecular flexibility index (Phi) is 5.60. The molecule has 0 radical (unpaired) electrons. The van der Waals surface area contributed by atoms with Crippen LogP contribution in [0.5, 0.6) is 5.75 Å². The number of sulfonamides is 1. The molecule has 0 fully saturated rings. The number of phenolic OH excluding ortho intramolecular Hbond substituents is 1. The van der Waals surface area contributed by atoms with E-state index in [2.05, 4.69) is 4.72 Å². The van der Waals surface area contributed by atoms with E-state index in [0.29, 0.717) is 11.1 Å². The van der Waals surface area contributed by atoms with Crippen LogP contribution in [0.2, 0.25) is 0 Å². The highest BCUT2D eigenvalue weighted by Gasteiger charge is 2.32. The molecule has 0 saturated carbocycles. The van der Waals surface area contributed by atoms with Gasteiger partial charge in [-0.2, -0.15) is 4.72 Å². The Bertz CT molecular complexity index is 1070. The summed E-state index contributed by atoms with van der Waals surface area (Å²) in [6, 6.07) is 13.9. The van der Waals surface area contributed by atoms with Gasteiger partial charge in [0, 0.05) is 12.0 Å². The van der Waals surface area contributed by atoms with E-state index in [1.54, 1.807) is 36.4 Å². The topological polar surface area (TPSA) is 104 Å². The highest BCUT2D eigenvalue weighted by molar-refractivity contribution is 7.89. The van der Waals surface area contributed by atoms with Crippen molar-refractivity contribution in [2.45, 2.75) is 17.0 Å². The van der Waals surface area contributed by atoms with Gasteiger partial charge >= 0.3 is 0 Å². The van der Waals surface area contributed by atoms with Gasteiger partial charge < -0.3 is 10.2 Å². The number of ketones is 1. The molecular weight excluding hydrogens is 378 g/mol. The Hall–Kier alpha value is -3.00. The second kappa shape index (κ2) is 7.93. The third-order valence-electron chi connectivity index (χ3n) is 4.10. The van der Waals surface area contributed by atoms with Crippen LogP contribution in [0.15, 0.2) is 95.4 Å². The first kappa shape index (κ1) is 19.8. The molecule has 2 aromatic rings. The molecular formula is C21H19NO5S. The molecule has 0 spiro atoms. The van der Waals surface area contributed by atoms with E-state index in [9.17, 15) is 23.4 Å². The zero-order chi connectivity index (χ0) is 20.2. The Morgan fingerprint density at radius 3 is 2.57 bits per heavy atom. The van der Waals surface area contributed by atoms with Crippen molar-refractivity contribution in [2.75, 3.05) is 0 Å². The van der Waals surface area contributed by atoms with E-state index in [0.717, 1.165) is 6.07 Å². The van der Waals surface area contributed by atoms with Crippen LogP contribution >= 0.6 is 0 Å². The first-order valence-corrected chi connectivity index (χ1v) is 9.97. The van der Waals surface area contributed by atoms with Crippen LogP contribution < -0.4 is 4.72 Å². The van der Waals surface area contributed by atoms with Gasteiger partial charge in [0.05, 0.1) is 4.90 Å². The molecule has 1 unspecified atom stereocenters. The van der Waals surface area contributed by atoms with Gasteiger partial charge in [0.15, 0.2) is 11.5 Å². The number of rotatable bonds is 6. The van der Waals surface area contributed by atoms with Crippen molar-refractivity contribution >= 4 is 15.8 Å². The minimum absolute atomic E-state index is 0.0554. The van der Waals surface area contributed by atoms with Crippen molar-refractivity contribution in [3.63, 3.8) is 0 Å². The van der Waals surface area contributed by atoms with Crippen LogP contribution in [0.25, 0.3) is 0 Å². The van der Waals surface area contributed by atoms with Gasteiger partial charge in [-0.15, -0.1) is 0 Å². The van der Waals surface area contributed by atoms with Gasteiger partial charge in [0.1, 0.15) is 5.75 Å². The predicted molar refractivity (Wildman–Crippen MR) is 105 cm³/mol. The third-order valence-corrected chi connectivity index (χ3v) is 5.60. The minimum atomic E-state index is -4.07. The fourth-order valence-corrected chi connectivity index (χ4v) is 4.03. The van der Waals surface area contributed by atoms with Crippen LogP contribution in [0.3, 0.4) is 0 Å². The number of phenols is 1. The summed E-state index contributed by atoms with van der Waals surface area (Å²) in [6.07, 6.45) is 7.40. The standard InChI is InChI=1S/C21H19NO5S/c23-18-9-4-10-19(14-18)28(26,27)22-21(25)13-5-6-16(15-21)11-12-20(24)17-7-2-1-3-8-17/h1-14,22-23,25H,15H2/b12-11+. The third kappa shape index (κ3) is 4.83. The Morgan fingerprint density at radius 2 is 1.86 bits per heavy atom. The molecule has 3 N–H and O–H groups in total. The average Bonchev–Trinajstić information content (AvgIpc) is 2.66. The molecule has 0 heterocycles. The smallest absolute Gasteiger partial charge is 0.243 e. The second-order valence-corrected chi connectivity index (χ2v) is 8.05. The number of hydrogen-bond acceptors (Lipinski definition) is 5. The summed E-state index contributed by atoms with van der Waals surface area (Å²) in [5.74, 6) is -0.392. The molecule has 0 amide bonds. The van der Waals surface area contributed by atoms with Crippen LogP contribution in [-0.2, 0) is 10.0 Å². The first-order chi connectivity index (χ1) is 13.3. The minimum Gasteiger partial charge on any atom is -0.508 e. The number of aromatic hydroxyl groups is 1. The summed E-state index contributed by atoms with van der Waals surface area (Å²) < 4.78 is 27.3. The van der Waals surface area contributed by atoms with E-state index in [4.69, 9.17) is 0 Å². The molecule has 1 aliphatic carbocycles. The highest BCUT2D eigenvalue weighted by Crippen LogP contribution is 2.25. The van der Waals surface area contributed by atoms with Gasteiger partial charge in [0.25, 0.3) is 0 Å². The van der Waals surface area contributed by atoms with Crippen molar-refractivity contribution < 1.29 is 23.4 Å². The Morgan fingerprint density at radius 1 is 1.11 bits per heavy atom. The van der Waals surface area contributed by atoms with Crippen LogP contribution in [-0.4, -0.2) is 30.1 Å². The van der Waals surface area contributed by atoms with E-state index in [1.165, 1.54) is 36.4 Å². The highest BCUT2D eigenvalue weighted by atomic mass is 32.2. The summed E-state index contributed by atoms with van der Waals surface area (Å²) in [5, 5.41) is 20.2. The maximum Gasteiger partial charge on any atom is 0.243 e. The molecule has 144 valence electrons. The normalized spacial score (nSPS) is 19.5. The lowest BCUT2D eigenvalue weighted by molar-refractivity contribution is 0.0792. The van der Waals surface area contributed by atoms with Crippen LogP contribution in [0, 0.1) is 0 Å². The lowest BCUT2D eigenvalue weighted by Crippen LogP contribution is -2.47. The van der Waals surface area contributed by atoms with E-state index < -0.39 is 15.7 Å². The maximum absolute atomic E-state index is 12.5. The maximum atomic E-state index is 12.5. The molecule has 3 rings (SSSR count). The van der Waals surface area contributed by atoms with Gasteiger partial charge in [0.2, 0.25) is 10.0 Å². The molecule has 6 nitrogen and oxygen atoms in total. The second-order valence-electron chi connectivity index (χ2n) is 6.37. The number of carbonyl (C=O) groups is 1. The van der Waals surface area contributed by atoms with Gasteiger partial charge in [-0.3, -0.25) is 4.79 Å². The fourth-order valence-electron chi connectivity index (χ4n) is 2.77. The van der Waals surface area contributed by atoms with Crippen molar-refractivity contribution in [2.24, 2.45) is 0 Å². The SMILES string of the molecule is O=C(/C=C/C1=CC=CC(O)(NS(=O)(=O)c2cccc(O)c2)C1)c1ccccc1. The largest absolute Gasteiger partial charge is 0.508 e. The zero-order valence-corrected chi connectivity index (χ0v) is 15.6.